The average molecular weight is 212 g/mol. The van der Waals surface area contributed by atoms with Gasteiger partial charge in [0.1, 0.15) is 5.76 Å². The van der Waals surface area contributed by atoms with E-state index in [-0.39, 0.29) is 5.78 Å². The first kappa shape index (κ1) is 10.4. The van der Waals surface area contributed by atoms with Crippen LogP contribution in [-0.2, 0) is 6.42 Å². The van der Waals surface area contributed by atoms with Crippen LogP contribution in [0.1, 0.15) is 16.1 Å². The molecule has 0 N–H and O–H groups in total. The molecule has 2 aromatic rings. The zero-order valence-corrected chi connectivity index (χ0v) is 8.80. The van der Waals surface area contributed by atoms with E-state index in [0.29, 0.717) is 12.0 Å². The van der Waals surface area contributed by atoms with E-state index in [4.69, 9.17) is 4.42 Å². The number of hydrogen-bond donors (Lipinski definition) is 0. The second kappa shape index (κ2) is 5.12. The Hall–Kier alpha value is -2.09. The van der Waals surface area contributed by atoms with E-state index in [1.807, 2.05) is 36.4 Å². The van der Waals surface area contributed by atoms with E-state index in [1.54, 1.807) is 24.5 Å². The van der Waals surface area contributed by atoms with Gasteiger partial charge in [-0.05, 0) is 18.2 Å². The maximum absolute atomic E-state index is 11.7. The van der Waals surface area contributed by atoms with Crippen LogP contribution in [0.4, 0.5) is 0 Å². The number of furan rings is 1. The summed E-state index contributed by atoms with van der Waals surface area (Å²) in [7, 11) is 0. The lowest BCUT2D eigenvalue weighted by Gasteiger charge is -1.93. The summed E-state index contributed by atoms with van der Waals surface area (Å²) in [6.07, 6.45) is 5.67. The Morgan fingerprint density at radius 3 is 2.62 bits per heavy atom. The standard InChI is InChI=1S/C14H12O2/c15-14(12-6-2-1-3-7-12)10-4-8-13-9-5-11-16-13/h1-7,9-11H,8H2/b10-4+. The van der Waals surface area contributed by atoms with Gasteiger partial charge in [0.05, 0.1) is 6.26 Å². The summed E-state index contributed by atoms with van der Waals surface area (Å²) in [6, 6.07) is 12.9. The first-order valence-electron chi connectivity index (χ1n) is 5.14. The topological polar surface area (TPSA) is 30.2 Å². The van der Waals surface area contributed by atoms with E-state index in [2.05, 4.69) is 0 Å². The molecule has 0 aliphatic heterocycles. The second-order valence-corrected chi connectivity index (χ2v) is 3.42. The van der Waals surface area contributed by atoms with Crippen LogP contribution in [0.15, 0.2) is 65.3 Å². The minimum Gasteiger partial charge on any atom is -0.469 e. The Morgan fingerprint density at radius 2 is 1.94 bits per heavy atom. The molecule has 0 spiro atoms. The van der Waals surface area contributed by atoms with Gasteiger partial charge in [-0.15, -0.1) is 0 Å². The monoisotopic (exact) mass is 212 g/mol. The second-order valence-electron chi connectivity index (χ2n) is 3.42. The molecule has 0 radical (unpaired) electrons. The van der Waals surface area contributed by atoms with Crippen molar-refractivity contribution >= 4 is 5.78 Å². The summed E-state index contributed by atoms with van der Waals surface area (Å²) in [5.74, 6) is 0.879. The van der Waals surface area contributed by atoms with Gasteiger partial charge >= 0.3 is 0 Å². The molecular weight excluding hydrogens is 200 g/mol. The molecule has 0 aliphatic rings. The Balaban J connectivity index is 1.95. The van der Waals surface area contributed by atoms with Gasteiger partial charge in [0.2, 0.25) is 0 Å². The molecule has 2 rings (SSSR count). The number of ketones is 1. The quantitative estimate of drug-likeness (QED) is 0.575. The fraction of sp³-hybridized carbons (Fsp3) is 0.0714. The molecule has 16 heavy (non-hydrogen) atoms. The molecule has 1 aromatic carbocycles. The molecule has 0 aliphatic carbocycles. The van der Waals surface area contributed by atoms with E-state index in [1.165, 1.54) is 0 Å². The zero-order valence-electron chi connectivity index (χ0n) is 8.80. The van der Waals surface area contributed by atoms with Crippen molar-refractivity contribution in [2.24, 2.45) is 0 Å². The molecule has 2 nitrogen and oxygen atoms in total. The van der Waals surface area contributed by atoms with Gasteiger partial charge in [0, 0.05) is 12.0 Å². The number of hydrogen-bond acceptors (Lipinski definition) is 2. The van der Waals surface area contributed by atoms with Crippen molar-refractivity contribution < 1.29 is 9.21 Å². The Kier molecular flexibility index (Phi) is 3.34. The Bertz CT molecular complexity index is 467. The van der Waals surface area contributed by atoms with E-state index in [0.717, 1.165) is 5.76 Å². The van der Waals surface area contributed by atoms with E-state index in [9.17, 15) is 4.79 Å². The highest BCUT2D eigenvalue weighted by Gasteiger charge is 1.99. The largest absolute Gasteiger partial charge is 0.469 e. The van der Waals surface area contributed by atoms with Gasteiger partial charge in [-0.2, -0.15) is 0 Å². The van der Waals surface area contributed by atoms with E-state index < -0.39 is 0 Å². The van der Waals surface area contributed by atoms with Crippen LogP contribution in [-0.4, -0.2) is 5.78 Å². The molecular formula is C14H12O2. The molecule has 0 unspecified atom stereocenters. The van der Waals surface area contributed by atoms with Gasteiger partial charge < -0.3 is 4.42 Å². The van der Waals surface area contributed by atoms with Gasteiger partial charge in [0.25, 0.3) is 0 Å². The third-order valence-electron chi connectivity index (χ3n) is 2.23. The Labute approximate surface area is 94.2 Å². The van der Waals surface area contributed by atoms with Crippen LogP contribution < -0.4 is 0 Å². The lowest BCUT2D eigenvalue weighted by molar-refractivity contribution is 0.104. The highest BCUT2D eigenvalue weighted by Crippen LogP contribution is 2.04. The summed E-state index contributed by atoms with van der Waals surface area (Å²) in [5, 5.41) is 0. The van der Waals surface area contributed by atoms with Gasteiger partial charge in [0.15, 0.2) is 5.78 Å². The number of carbonyl (C=O) groups excluding carboxylic acids is 1. The number of allylic oxidation sites excluding steroid dienone is 2. The first-order valence-corrected chi connectivity index (χ1v) is 5.14. The predicted octanol–water partition coefficient (Wildman–Crippen LogP) is 3.26. The van der Waals surface area contributed by atoms with Crippen molar-refractivity contribution in [2.45, 2.75) is 6.42 Å². The van der Waals surface area contributed by atoms with E-state index >= 15 is 0 Å². The lowest BCUT2D eigenvalue weighted by Crippen LogP contribution is -1.93. The van der Waals surface area contributed by atoms with Crippen LogP contribution in [0.3, 0.4) is 0 Å². The molecule has 1 heterocycles. The molecule has 2 heteroatoms. The summed E-state index contributed by atoms with van der Waals surface area (Å²) in [4.78, 5) is 11.7. The minimum atomic E-state index is 0.0205. The van der Waals surface area contributed by atoms with Crippen LogP contribution >= 0.6 is 0 Å². The maximum Gasteiger partial charge on any atom is 0.185 e. The van der Waals surface area contributed by atoms with Crippen LogP contribution in [0.5, 0.6) is 0 Å². The van der Waals surface area contributed by atoms with Crippen molar-refractivity contribution in [1.29, 1.82) is 0 Å². The highest BCUT2D eigenvalue weighted by atomic mass is 16.3. The van der Waals surface area contributed by atoms with Crippen molar-refractivity contribution in [1.82, 2.24) is 0 Å². The molecule has 80 valence electrons. The van der Waals surface area contributed by atoms with Gasteiger partial charge in [-0.1, -0.05) is 36.4 Å². The van der Waals surface area contributed by atoms with Crippen LogP contribution in [0, 0.1) is 0 Å². The highest BCUT2D eigenvalue weighted by molar-refractivity contribution is 6.04. The number of benzene rings is 1. The summed E-state index contributed by atoms with van der Waals surface area (Å²) >= 11 is 0. The predicted molar refractivity (Wildman–Crippen MR) is 62.3 cm³/mol. The number of carbonyl (C=O) groups is 1. The van der Waals surface area contributed by atoms with Crippen LogP contribution in [0.25, 0.3) is 0 Å². The summed E-state index contributed by atoms with van der Waals surface area (Å²) < 4.78 is 5.16. The molecule has 0 atom stereocenters. The maximum atomic E-state index is 11.7. The van der Waals surface area contributed by atoms with Gasteiger partial charge in [-0.25, -0.2) is 0 Å². The number of rotatable bonds is 4. The average Bonchev–Trinajstić information content (AvgIpc) is 2.83. The van der Waals surface area contributed by atoms with Crippen molar-refractivity contribution in [3.05, 3.63) is 72.2 Å². The summed E-state index contributed by atoms with van der Waals surface area (Å²) in [5.41, 5.74) is 0.707. The molecule has 0 saturated heterocycles. The molecule has 0 fully saturated rings. The zero-order chi connectivity index (χ0) is 11.2. The third kappa shape index (κ3) is 2.70. The lowest BCUT2D eigenvalue weighted by atomic mass is 10.1. The molecule has 0 bridgehead atoms. The third-order valence-corrected chi connectivity index (χ3v) is 2.23. The Morgan fingerprint density at radius 1 is 1.12 bits per heavy atom. The van der Waals surface area contributed by atoms with Crippen molar-refractivity contribution in [3.63, 3.8) is 0 Å². The molecule has 0 saturated carbocycles. The van der Waals surface area contributed by atoms with Crippen molar-refractivity contribution in [2.75, 3.05) is 0 Å². The normalized spacial score (nSPS) is 10.8. The van der Waals surface area contributed by atoms with Crippen molar-refractivity contribution in [3.8, 4) is 0 Å². The first-order chi connectivity index (χ1) is 7.86. The fourth-order valence-electron chi connectivity index (χ4n) is 1.41. The summed E-state index contributed by atoms with van der Waals surface area (Å²) in [6.45, 7) is 0. The minimum absolute atomic E-state index is 0.0205. The van der Waals surface area contributed by atoms with Gasteiger partial charge in [-0.3, -0.25) is 4.79 Å². The molecule has 0 amide bonds. The smallest absolute Gasteiger partial charge is 0.185 e. The SMILES string of the molecule is O=C(/C=C/Cc1ccco1)c1ccccc1. The molecule has 1 aromatic heterocycles. The van der Waals surface area contributed by atoms with Crippen LogP contribution in [0.2, 0.25) is 0 Å². The fourth-order valence-corrected chi connectivity index (χ4v) is 1.41.